The molecular weight excluding hydrogens is 292 g/mol. The van der Waals surface area contributed by atoms with E-state index in [1.165, 1.54) is 17.1 Å². The first-order chi connectivity index (χ1) is 10.1. The van der Waals surface area contributed by atoms with Gasteiger partial charge >= 0.3 is 0 Å². The van der Waals surface area contributed by atoms with E-state index in [2.05, 4.69) is 15.3 Å². The Morgan fingerprint density at radius 3 is 2.67 bits per heavy atom. The Balaban J connectivity index is 0.000000774. The summed E-state index contributed by atoms with van der Waals surface area (Å²) in [6, 6.07) is 3.32. The van der Waals surface area contributed by atoms with Crippen LogP contribution in [0.2, 0.25) is 5.02 Å². The van der Waals surface area contributed by atoms with Crippen LogP contribution in [0, 0.1) is 6.92 Å². The third-order valence-corrected chi connectivity index (χ3v) is 3.30. The maximum Gasteiger partial charge on any atom is 0.278 e. The fourth-order valence-corrected chi connectivity index (χ4v) is 2.10. The standard InChI is InChI=1S/C12H9ClN4O2.C2H6/c1-6-4-7-9(5-8(6)13)15-12(19)10(11(7)18)17-3-2-14-16-17;1-2/h2-5H,1H3,(H2,15,18,19);1-2H3. The van der Waals surface area contributed by atoms with Crippen molar-refractivity contribution in [2.24, 2.45) is 0 Å². The van der Waals surface area contributed by atoms with Gasteiger partial charge in [0.2, 0.25) is 0 Å². The summed E-state index contributed by atoms with van der Waals surface area (Å²) in [6.07, 6.45) is 2.91. The Hall–Kier alpha value is -2.34. The van der Waals surface area contributed by atoms with Gasteiger partial charge in [0.25, 0.3) is 5.56 Å². The van der Waals surface area contributed by atoms with Gasteiger partial charge in [0.05, 0.1) is 17.9 Å². The number of H-pyrrole nitrogens is 1. The van der Waals surface area contributed by atoms with Crippen molar-refractivity contribution in [1.29, 1.82) is 0 Å². The molecule has 0 amide bonds. The first kappa shape index (κ1) is 15.1. The zero-order chi connectivity index (χ0) is 15.6. The molecule has 0 fully saturated rings. The molecule has 0 atom stereocenters. The fraction of sp³-hybridized carbons (Fsp3) is 0.214. The molecule has 0 radical (unpaired) electrons. The fourth-order valence-electron chi connectivity index (χ4n) is 1.94. The van der Waals surface area contributed by atoms with Crippen molar-refractivity contribution >= 4 is 22.5 Å². The predicted octanol–water partition coefficient (Wildman–Crippen LogP) is 2.80. The number of aryl methyl sites for hydroxylation is 1. The number of hydrogen-bond acceptors (Lipinski definition) is 4. The number of aromatic nitrogens is 4. The van der Waals surface area contributed by atoms with Crippen molar-refractivity contribution in [3.63, 3.8) is 0 Å². The molecule has 21 heavy (non-hydrogen) atoms. The van der Waals surface area contributed by atoms with Gasteiger partial charge < -0.3 is 10.1 Å². The first-order valence-electron chi connectivity index (χ1n) is 6.49. The van der Waals surface area contributed by atoms with Gasteiger partial charge in [-0.2, -0.15) is 0 Å². The summed E-state index contributed by atoms with van der Waals surface area (Å²) >= 11 is 6.00. The normalized spacial score (nSPS) is 10.3. The van der Waals surface area contributed by atoms with Gasteiger partial charge in [0.1, 0.15) is 0 Å². The molecule has 1 aromatic carbocycles. The minimum absolute atomic E-state index is 0.0340. The molecule has 0 aliphatic carbocycles. The number of aromatic amines is 1. The van der Waals surface area contributed by atoms with Gasteiger partial charge in [-0.15, -0.1) is 5.10 Å². The van der Waals surface area contributed by atoms with Crippen molar-refractivity contribution in [3.8, 4) is 11.4 Å². The molecule has 6 nitrogen and oxygen atoms in total. The number of nitrogens with zero attached hydrogens (tertiary/aromatic N) is 3. The lowest BCUT2D eigenvalue weighted by Gasteiger charge is -2.08. The van der Waals surface area contributed by atoms with E-state index < -0.39 is 5.56 Å². The summed E-state index contributed by atoms with van der Waals surface area (Å²) in [5.41, 5.74) is 0.852. The van der Waals surface area contributed by atoms with E-state index in [9.17, 15) is 9.90 Å². The van der Waals surface area contributed by atoms with Gasteiger partial charge in [-0.25, -0.2) is 4.68 Å². The highest BCUT2D eigenvalue weighted by molar-refractivity contribution is 6.32. The van der Waals surface area contributed by atoms with Gasteiger partial charge in [-0.1, -0.05) is 30.7 Å². The molecule has 110 valence electrons. The molecule has 0 bridgehead atoms. The molecule has 3 aromatic rings. The summed E-state index contributed by atoms with van der Waals surface area (Å²) < 4.78 is 1.22. The van der Waals surface area contributed by atoms with Crippen LogP contribution < -0.4 is 5.56 Å². The lowest BCUT2D eigenvalue weighted by molar-refractivity contribution is 0.474. The van der Waals surface area contributed by atoms with E-state index in [-0.39, 0.29) is 11.4 Å². The number of nitrogens with one attached hydrogen (secondary N) is 1. The molecule has 7 heteroatoms. The molecular formula is C14H15ClN4O2. The minimum Gasteiger partial charge on any atom is -0.505 e. The van der Waals surface area contributed by atoms with Gasteiger partial charge in [0, 0.05) is 10.4 Å². The summed E-state index contributed by atoms with van der Waals surface area (Å²) in [7, 11) is 0. The molecule has 2 aromatic heterocycles. The highest BCUT2D eigenvalue weighted by Gasteiger charge is 2.15. The number of fused-ring (bicyclic) bond motifs is 1. The number of halogens is 1. The van der Waals surface area contributed by atoms with E-state index >= 15 is 0 Å². The van der Waals surface area contributed by atoms with Crippen molar-refractivity contribution in [3.05, 3.63) is 45.5 Å². The number of aromatic hydroxyl groups is 1. The Bertz CT molecular complexity index is 825. The monoisotopic (exact) mass is 306 g/mol. The summed E-state index contributed by atoms with van der Waals surface area (Å²) in [5.74, 6) is -0.149. The van der Waals surface area contributed by atoms with E-state index in [0.717, 1.165) is 5.56 Å². The van der Waals surface area contributed by atoms with Crippen LogP contribution in [0.25, 0.3) is 16.6 Å². The van der Waals surface area contributed by atoms with E-state index in [1.807, 2.05) is 20.8 Å². The van der Waals surface area contributed by atoms with Crippen molar-refractivity contribution in [2.75, 3.05) is 0 Å². The van der Waals surface area contributed by atoms with Crippen LogP contribution in [-0.2, 0) is 0 Å². The third kappa shape index (κ3) is 2.62. The van der Waals surface area contributed by atoms with Crippen LogP contribution in [0.5, 0.6) is 5.75 Å². The summed E-state index contributed by atoms with van der Waals surface area (Å²) in [5, 5.41) is 18.6. The van der Waals surface area contributed by atoms with Crippen LogP contribution in [0.1, 0.15) is 19.4 Å². The molecule has 2 N–H and O–H groups in total. The van der Waals surface area contributed by atoms with Gasteiger partial charge in [-0.3, -0.25) is 4.79 Å². The van der Waals surface area contributed by atoms with E-state index in [0.29, 0.717) is 15.9 Å². The van der Waals surface area contributed by atoms with Crippen LogP contribution >= 0.6 is 11.6 Å². The number of rotatable bonds is 1. The maximum atomic E-state index is 12.0. The van der Waals surface area contributed by atoms with E-state index in [4.69, 9.17) is 11.6 Å². The lowest BCUT2D eigenvalue weighted by Crippen LogP contribution is -2.15. The highest BCUT2D eigenvalue weighted by Crippen LogP contribution is 2.30. The second-order valence-corrected chi connectivity index (χ2v) is 4.55. The SMILES string of the molecule is CC.Cc1cc2c(O)c(-n3ccnn3)c(=O)[nH]c2cc1Cl. The molecule has 0 aliphatic heterocycles. The average Bonchev–Trinajstić information content (AvgIpc) is 2.97. The van der Waals surface area contributed by atoms with Crippen molar-refractivity contribution in [2.45, 2.75) is 20.8 Å². The van der Waals surface area contributed by atoms with Crippen LogP contribution in [0.3, 0.4) is 0 Å². The van der Waals surface area contributed by atoms with Crippen LogP contribution in [-0.4, -0.2) is 25.1 Å². The zero-order valence-electron chi connectivity index (χ0n) is 11.9. The van der Waals surface area contributed by atoms with Crippen molar-refractivity contribution < 1.29 is 5.11 Å². The Kier molecular flexibility index (Phi) is 4.28. The molecule has 0 unspecified atom stereocenters. The molecule has 0 saturated carbocycles. The number of pyridine rings is 1. The quantitative estimate of drug-likeness (QED) is 0.724. The van der Waals surface area contributed by atoms with Crippen LogP contribution in [0.15, 0.2) is 29.3 Å². The first-order valence-corrected chi connectivity index (χ1v) is 6.87. The summed E-state index contributed by atoms with van der Waals surface area (Å²) in [4.78, 5) is 14.7. The molecule has 0 spiro atoms. The van der Waals surface area contributed by atoms with E-state index in [1.54, 1.807) is 12.1 Å². The van der Waals surface area contributed by atoms with Crippen molar-refractivity contribution in [1.82, 2.24) is 20.0 Å². The molecule has 0 saturated heterocycles. The summed E-state index contributed by atoms with van der Waals surface area (Å²) in [6.45, 7) is 5.82. The third-order valence-electron chi connectivity index (χ3n) is 2.89. The number of hydrogen-bond donors (Lipinski definition) is 2. The van der Waals surface area contributed by atoms with Crippen LogP contribution in [0.4, 0.5) is 0 Å². The Morgan fingerprint density at radius 2 is 2.05 bits per heavy atom. The second kappa shape index (κ2) is 5.97. The van der Waals surface area contributed by atoms with Gasteiger partial charge in [0.15, 0.2) is 11.4 Å². The number of benzene rings is 1. The minimum atomic E-state index is -0.463. The molecule has 3 rings (SSSR count). The largest absolute Gasteiger partial charge is 0.505 e. The highest BCUT2D eigenvalue weighted by atomic mass is 35.5. The topological polar surface area (TPSA) is 83.8 Å². The predicted molar refractivity (Wildman–Crippen MR) is 82.2 cm³/mol. The smallest absolute Gasteiger partial charge is 0.278 e. The zero-order valence-corrected chi connectivity index (χ0v) is 12.6. The Morgan fingerprint density at radius 1 is 1.33 bits per heavy atom. The lowest BCUT2D eigenvalue weighted by atomic mass is 10.1. The molecule has 0 aliphatic rings. The maximum absolute atomic E-state index is 12.0. The second-order valence-electron chi connectivity index (χ2n) is 4.15. The Labute approximate surface area is 126 Å². The molecule has 2 heterocycles. The average molecular weight is 307 g/mol. The van der Waals surface area contributed by atoms with Gasteiger partial charge in [-0.05, 0) is 24.6 Å².